The van der Waals surface area contributed by atoms with Crippen molar-refractivity contribution in [2.24, 2.45) is 5.73 Å². The number of rotatable bonds is 3. The van der Waals surface area contributed by atoms with Crippen LogP contribution in [0.3, 0.4) is 0 Å². The van der Waals surface area contributed by atoms with Crippen LogP contribution in [0, 0.1) is 0 Å². The van der Waals surface area contributed by atoms with E-state index >= 15 is 0 Å². The average Bonchev–Trinajstić information content (AvgIpc) is 3.34. The molecule has 25 heavy (non-hydrogen) atoms. The largest absolute Gasteiger partial charge is 0.449 e. The maximum Gasteiger partial charge on any atom is 0.415 e. The summed E-state index contributed by atoms with van der Waals surface area (Å²) in [6.45, 7) is 2.57. The van der Waals surface area contributed by atoms with Crippen LogP contribution >= 0.6 is 34.0 Å². The number of carbonyl (C=O) groups excluding carboxylic acids is 1. The lowest BCUT2D eigenvalue weighted by Crippen LogP contribution is -2.37. The molecule has 1 aliphatic heterocycles. The summed E-state index contributed by atoms with van der Waals surface area (Å²) in [5.74, 6) is 0.458. The predicted molar refractivity (Wildman–Crippen MR) is 105 cm³/mol. The quantitative estimate of drug-likeness (QED) is 0.672. The predicted octanol–water partition coefficient (Wildman–Crippen LogP) is 5.19. The van der Waals surface area contributed by atoms with Crippen LogP contribution in [0.4, 0.5) is 4.79 Å². The van der Waals surface area contributed by atoms with E-state index in [0.29, 0.717) is 19.0 Å². The molecule has 0 saturated carbocycles. The van der Waals surface area contributed by atoms with E-state index in [1.165, 1.54) is 14.7 Å². The summed E-state index contributed by atoms with van der Waals surface area (Å²) in [7, 11) is 0. The van der Waals surface area contributed by atoms with Crippen molar-refractivity contribution in [3.8, 4) is 9.75 Å². The molecule has 3 aromatic rings. The second-order valence-electron chi connectivity index (χ2n) is 5.48. The minimum atomic E-state index is -0.399. The minimum absolute atomic E-state index is 0.328. The lowest BCUT2D eigenvalue weighted by atomic mass is 9.97. The van der Waals surface area contributed by atoms with Gasteiger partial charge in [0, 0.05) is 25.8 Å². The van der Waals surface area contributed by atoms with E-state index in [1.807, 2.05) is 17.5 Å². The van der Waals surface area contributed by atoms with Crippen molar-refractivity contribution in [2.75, 3.05) is 6.61 Å². The normalized spacial score (nSPS) is 13.9. The zero-order valence-electron chi connectivity index (χ0n) is 13.5. The molecule has 1 aliphatic rings. The first-order chi connectivity index (χ1) is 12.2. The van der Waals surface area contributed by atoms with Gasteiger partial charge in [0.25, 0.3) is 0 Å². The second kappa shape index (κ2) is 6.67. The summed E-state index contributed by atoms with van der Waals surface area (Å²) in [6.07, 6.45) is -0.399. The van der Waals surface area contributed by atoms with Gasteiger partial charge in [0.15, 0.2) is 0 Å². The molecule has 0 bridgehead atoms. The average molecular weight is 389 g/mol. The minimum Gasteiger partial charge on any atom is -0.449 e. The number of fused-ring (bicyclic) bond motifs is 1. The van der Waals surface area contributed by atoms with Crippen LogP contribution in [0.5, 0.6) is 0 Å². The first-order valence-electron chi connectivity index (χ1n) is 7.82. The number of nitrogens with two attached hydrogens (primary N) is 1. The highest BCUT2D eigenvalue weighted by atomic mass is 32.1. The van der Waals surface area contributed by atoms with Crippen molar-refractivity contribution < 1.29 is 9.53 Å². The number of amides is 1. The SMILES string of the molecule is CCOC(=O)N1Cc2sc(-c3cccs3)cc2C(c2ccsc2)=C1N. The van der Waals surface area contributed by atoms with E-state index in [4.69, 9.17) is 10.5 Å². The van der Waals surface area contributed by atoms with Crippen molar-refractivity contribution in [3.63, 3.8) is 0 Å². The van der Waals surface area contributed by atoms with Gasteiger partial charge in [0.05, 0.1) is 13.2 Å². The number of thiophene rings is 3. The Hall–Kier alpha value is -2.09. The molecule has 0 unspecified atom stereocenters. The summed E-state index contributed by atoms with van der Waals surface area (Å²) in [6, 6.07) is 8.39. The maximum absolute atomic E-state index is 12.4. The molecule has 3 aromatic heterocycles. The van der Waals surface area contributed by atoms with E-state index in [2.05, 4.69) is 22.9 Å². The summed E-state index contributed by atoms with van der Waals surface area (Å²) < 4.78 is 5.19. The molecule has 128 valence electrons. The molecule has 0 fully saturated rings. The molecule has 0 atom stereocenters. The third kappa shape index (κ3) is 2.88. The molecule has 0 aliphatic carbocycles. The first-order valence-corrected chi connectivity index (χ1v) is 10.5. The molecule has 0 saturated heterocycles. The van der Waals surface area contributed by atoms with Gasteiger partial charge in [-0.1, -0.05) is 6.07 Å². The fourth-order valence-electron chi connectivity index (χ4n) is 2.87. The Morgan fingerprint density at radius 1 is 1.32 bits per heavy atom. The highest BCUT2D eigenvalue weighted by Crippen LogP contribution is 2.43. The Labute approximate surface area is 157 Å². The highest BCUT2D eigenvalue weighted by molar-refractivity contribution is 7.21. The van der Waals surface area contributed by atoms with E-state index in [1.54, 1.807) is 40.9 Å². The Bertz CT molecular complexity index is 924. The summed E-state index contributed by atoms with van der Waals surface area (Å²) in [5, 5.41) is 6.15. The van der Waals surface area contributed by atoms with Crippen LogP contribution in [0.2, 0.25) is 0 Å². The Morgan fingerprint density at radius 3 is 2.88 bits per heavy atom. The van der Waals surface area contributed by atoms with Crippen molar-refractivity contribution in [3.05, 3.63) is 62.2 Å². The van der Waals surface area contributed by atoms with E-state index < -0.39 is 6.09 Å². The number of hydrogen-bond donors (Lipinski definition) is 1. The number of ether oxygens (including phenoxy) is 1. The van der Waals surface area contributed by atoms with Crippen LogP contribution in [0.25, 0.3) is 15.3 Å². The fraction of sp³-hybridized carbons (Fsp3) is 0.167. The summed E-state index contributed by atoms with van der Waals surface area (Å²) in [5.41, 5.74) is 9.47. The van der Waals surface area contributed by atoms with Gasteiger partial charge in [-0.05, 0) is 46.8 Å². The lowest BCUT2D eigenvalue weighted by Gasteiger charge is -2.28. The first kappa shape index (κ1) is 16.4. The molecule has 4 heterocycles. The van der Waals surface area contributed by atoms with Gasteiger partial charge < -0.3 is 10.5 Å². The van der Waals surface area contributed by atoms with Crippen molar-refractivity contribution in [1.29, 1.82) is 0 Å². The number of carbonyl (C=O) groups is 1. The van der Waals surface area contributed by atoms with Crippen LogP contribution in [0.1, 0.15) is 22.9 Å². The molecule has 0 radical (unpaired) electrons. The van der Waals surface area contributed by atoms with Gasteiger partial charge in [-0.25, -0.2) is 4.79 Å². The van der Waals surface area contributed by atoms with Gasteiger partial charge in [0.2, 0.25) is 0 Å². The van der Waals surface area contributed by atoms with Crippen molar-refractivity contribution in [2.45, 2.75) is 13.5 Å². The molecule has 4 nitrogen and oxygen atoms in total. The third-order valence-corrected chi connectivity index (χ3v) is 6.86. The van der Waals surface area contributed by atoms with Crippen molar-refractivity contribution >= 4 is 45.7 Å². The van der Waals surface area contributed by atoms with E-state index in [0.717, 1.165) is 21.6 Å². The number of hydrogen-bond acceptors (Lipinski definition) is 6. The standard InChI is InChI=1S/C18H16N2O2S3/c1-2-22-18(21)20-9-15-12(8-14(25-15)13-4-3-6-24-13)16(17(20)19)11-5-7-23-10-11/h3-8,10H,2,9,19H2,1H3. The molecular formula is C18H16N2O2S3. The fourth-order valence-corrected chi connectivity index (χ4v) is 5.50. The van der Waals surface area contributed by atoms with Gasteiger partial charge in [0.1, 0.15) is 5.82 Å². The molecule has 4 rings (SSSR count). The van der Waals surface area contributed by atoms with Crippen molar-refractivity contribution in [1.82, 2.24) is 4.90 Å². The van der Waals surface area contributed by atoms with Gasteiger partial charge in [-0.2, -0.15) is 11.3 Å². The lowest BCUT2D eigenvalue weighted by molar-refractivity contribution is 0.116. The van der Waals surface area contributed by atoms with Gasteiger partial charge in [-0.3, -0.25) is 4.90 Å². The molecular weight excluding hydrogens is 372 g/mol. The second-order valence-corrected chi connectivity index (χ2v) is 8.35. The monoisotopic (exact) mass is 388 g/mol. The van der Waals surface area contributed by atoms with Gasteiger partial charge in [-0.15, -0.1) is 22.7 Å². The topological polar surface area (TPSA) is 55.6 Å². The Morgan fingerprint density at radius 2 is 2.20 bits per heavy atom. The summed E-state index contributed by atoms with van der Waals surface area (Å²) >= 11 is 5.04. The molecule has 2 N–H and O–H groups in total. The smallest absolute Gasteiger partial charge is 0.415 e. The van der Waals surface area contributed by atoms with Gasteiger partial charge >= 0.3 is 6.09 Å². The maximum atomic E-state index is 12.4. The van der Waals surface area contributed by atoms with Crippen LogP contribution < -0.4 is 5.73 Å². The molecule has 1 amide bonds. The molecule has 0 aromatic carbocycles. The number of nitrogens with zero attached hydrogens (tertiary/aromatic N) is 1. The highest BCUT2D eigenvalue weighted by Gasteiger charge is 2.31. The zero-order chi connectivity index (χ0) is 17.4. The Kier molecular flexibility index (Phi) is 4.37. The van der Waals surface area contributed by atoms with E-state index in [-0.39, 0.29) is 0 Å². The van der Waals surface area contributed by atoms with Crippen LogP contribution in [0.15, 0.2) is 46.2 Å². The van der Waals surface area contributed by atoms with Crippen LogP contribution in [-0.2, 0) is 11.3 Å². The molecule has 0 spiro atoms. The van der Waals surface area contributed by atoms with Crippen LogP contribution in [-0.4, -0.2) is 17.6 Å². The summed E-state index contributed by atoms with van der Waals surface area (Å²) in [4.78, 5) is 17.5. The Balaban J connectivity index is 1.85. The molecule has 7 heteroatoms. The zero-order valence-corrected chi connectivity index (χ0v) is 16.0. The third-order valence-electron chi connectivity index (χ3n) is 3.99. The van der Waals surface area contributed by atoms with E-state index in [9.17, 15) is 4.79 Å².